The molecule has 1 aliphatic rings. The van der Waals surface area contributed by atoms with Crippen molar-refractivity contribution in [2.45, 2.75) is 31.5 Å². The summed E-state index contributed by atoms with van der Waals surface area (Å²) < 4.78 is 52.1. The molecule has 0 saturated heterocycles. The van der Waals surface area contributed by atoms with Crippen LogP contribution in [0.4, 0.5) is 23.4 Å². The Bertz CT molecular complexity index is 905. The average molecular weight is 379 g/mol. The van der Waals surface area contributed by atoms with E-state index in [2.05, 4.69) is 15.1 Å². The van der Waals surface area contributed by atoms with E-state index in [9.17, 15) is 17.6 Å². The van der Waals surface area contributed by atoms with Crippen LogP contribution in [0.2, 0.25) is 0 Å². The second-order valence-electron chi connectivity index (χ2n) is 6.26. The number of rotatable bonds is 3. The molecule has 0 bridgehead atoms. The van der Waals surface area contributed by atoms with Crippen LogP contribution in [0, 0.1) is 5.82 Å². The van der Waals surface area contributed by atoms with Gasteiger partial charge in [0.15, 0.2) is 5.82 Å². The van der Waals surface area contributed by atoms with Crippen LogP contribution in [0.3, 0.4) is 0 Å². The lowest BCUT2D eigenvalue weighted by atomic mass is 10.0. The molecule has 0 radical (unpaired) electrons. The van der Waals surface area contributed by atoms with Crippen molar-refractivity contribution >= 4 is 17.2 Å². The number of alkyl halides is 3. The van der Waals surface area contributed by atoms with Crippen LogP contribution in [0.5, 0.6) is 0 Å². The molecule has 1 heterocycles. The number of hydrazone groups is 1. The minimum Gasteiger partial charge on any atom is -0.323 e. The number of aliphatic imine (C=N–C) groups is 1. The summed E-state index contributed by atoms with van der Waals surface area (Å²) in [6, 6.07) is 5.49. The Hall–Kier alpha value is -2.81. The Morgan fingerprint density at radius 3 is 2.63 bits per heavy atom. The largest absolute Gasteiger partial charge is 0.416 e. The zero-order valence-corrected chi connectivity index (χ0v) is 14.2. The normalized spacial score (nSPS) is 20.6. The molecule has 9 heteroatoms. The van der Waals surface area contributed by atoms with Gasteiger partial charge in [0.25, 0.3) is 0 Å². The fraction of sp³-hybridized carbons (Fsp3) is 0.278. The summed E-state index contributed by atoms with van der Waals surface area (Å²) >= 11 is 0. The molecule has 27 heavy (non-hydrogen) atoms. The zero-order chi connectivity index (χ0) is 19.6. The zero-order valence-electron chi connectivity index (χ0n) is 14.2. The monoisotopic (exact) mass is 379 g/mol. The van der Waals surface area contributed by atoms with Crippen molar-refractivity contribution in [3.05, 3.63) is 59.0 Å². The highest BCUT2D eigenvalue weighted by atomic mass is 19.4. The van der Waals surface area contributed by atoms with Gasteiger partial charge in [-0.1, -0.05) is 0 Å². The highest BCUT2D eigenvalue weighted by molar-refractivity contribution is 6.46. The van der Waals surface area contributed by atoms with E-state index in [0.29, 0.717) is 41.7 Å². The SMILES string of the molecule is N/N=C1\C(=Nc2cc(Cc3cc(F)cc(C(F)(F)F)c3)ccn2)CCC1N. The first kappa shape index (κ1) is 19.0. The van der Waals surface area contributed by atoms with Gasteiger partial charge >= 0.3 is 6.18 Å². The molecule has 3 rings (SSSR count). The van der Waals surface area contributed by atoms with Gasteiger partial charge in [-0.05, 0) is 60.7 Å². The molecule has 1 fully saturated rings. The summed E-state index contributed by atoms with van der Waals surface area (Å²) in [6.07, 6.45) is -1.71. The predicted molar refractivity (Wildman–Crippen MR) is 94.4 cm³/mol. The van der Waals surface area contributed by atoms with E-state index in [4.69, 9.17) is 11.6 Å². The van der Waals surface area contributed by atoms with Crippen LogP contribution in [0.1, 0.15) is 29.5 Å². The summed E-state index contributed by atoms with van der Waals surface area (Å²) in [5.74, 6) is 4.78. The molecule has 2 aromatic rings. The van der Waals surface area contributed by atoms with Crippen molar-refractivity contribution < 1.29 is 17.6 Å². The number of hydrogen-bond acceptors (Lipinski definition) is 5. The van der Waals surface area contributed by atoms with Crippen LogP contribution in [0.25, 0.3) is 0 Å². The van der Waals surface area contributed by atoms with Crippen molar-refractivity contribution in [3.8, 4) is 0 Å². The van der Waals surface area contributed by atoms with E-state index >= 15 is 0 Å². The fourth-order valence-electron chi connectivity index (χ4n) is 2.98. The van der Waals surface area contributed by atoms with Crippen LogP contribution in [-0.2, 0) is 12.6 Å². The number of nitrogens with two attached hydrogens (primary N) is 2. The van der Waals surface area contributed by atoms with E-state index in [1.807, 2.05) is 0 Å². The number of halogens is 4. The molecule has 5 nitrogen and oxygen atoms in total. The molecular formula is C18H17F4N5. The van der Waals surface area contributed by atoms with Crippen LogP contribution in [0.15, 0.2) is 46.6 Å². The molecule has 1 saturated carbocycles. The summed E-state index contributed by atoms with van der Waals surface area (Å²) in [5.41, 5.74) is 6.88. The van der Waals surface area contributed by atoms with Gasteiger partial charge in [0.1, 0.15) is 5.82 Å². The maximum Gasteiger partial charge on any atom is 0.416 e. The van der Waals surface area contributed by atoms with E-state index < -0.39 is 17.6 Å². The number of nitrogens with zero attached hydrogens (tertiary/aromatic N) is 3. The minimum absolute atomic E-state index is 0.110. The third-order valence-electron chi connectivity index (χ3n) is 4.23. The van der Waals surface area contributed by atoms with Crippen LogP contribution < -0.4 is 11.6 Å². The Balaban J connectivity index is 1.86. The Labute approximate surface area is 152 Å². The molecule has 1 unspecified atom stereocenters. The number of pyridine rings is 1. The van der Waals surface area contributed by atoms with E-state index in [1.165, 1.54) is 6.20 Å². The maximum absolute atomic E-state index is 13.6. The van der Waals surface area contributed by atoms with Crippen molar-refractivity contribution in [2.24, 2.45) is 21.7 Å². The van der Waals surface area contributed by atoms with Crippen LogP contribution >= 0.6 is 0 Å². The number of aromatic nitrogens is 1. The lowest BCUT2D eigenvalue weighted by Gasteiger charge is -2.10. The summed E-state index contributed by atoms with van der Waals surface area (Å²) in [7, 11) is 0. The van der Waals surface area contributed by atoms with Gasteiger partial charge in [-0.15, -0.1) is 0 Å². The fourth-order valence-corrected chi connectivity index (χ4v) is 2.98. The van der Waals surface area contributed by atoms with Gasteiger partial charge in [0, 0.05) is 6.20 Å². The molecule has 1 aromatic carbocycles. The molecule has 4 N–H and O–H groups in total. The van der Waals surface area contributed by atoms with E-state index in [1.54, 1.807) is 12.1 Å². The highest BCUT2D eigenvalue weighted by Crippen LogP contribution is 2.31. The first-order chi connectivity index (χ1) is 12.8. The number of benzene rings is 1. The van der Waals surface area contributed by atoms with Gasteiger partial charge in [-0.2, -0.15) is 18.3 Å². The van der Waals surface area contributed by atoms with Gasteiger partial charge < -0.3 is 11.6 Å². The summed E-state index contributed by atoms with van der Waals surface area (Å²) in [4.78, 5) is 8.53. The molecule has 0 spiro atoms. The predicted octanol–water partition coefficient (Wildman–Crippen LogP) is 3.34. The summed E-state index contributed by atoms with van der Waals surface area (Å²) in [5, 5.41) is 3.66. The maximum atomic E-state index is 13.6. The molecule has 1 atom stereocenters. The van der Waals surface area contributed by atoms with Crippen molar-refractivity contribution in [3.63, 3.8) is 0 Å². The molecule has 1 aromatic heterocycles. The van der Waals surface area contributed by atoms with Gasteiger partial charge in [0.05, 0.1) is 23.0 Å². The lowest BCUT2D eigenvalue weighted by Crippen LogP contribution is -2.29. The average Bonchev–Trinajstić information content (AvgIpc) is 2.93. The van der Waals surface area contributed by atoms with Gasteiger partial charge in [0.2, 0.25) is 0 Å². The van der Waals surface area contributed by atoms with E-state index in [-0.39, 0.29) is 18.0 Å². The quantitative estimate of drug-likeness (QED) is 0.487. The van der Waals surface area contributed by atoms with E-state index in [0.717, 1.165) is 12.1 Å². The van der Waals surface area contributed by atoms with Crippen LogP contribution in [-0.4, -0.2) is 22.4 Å². The first-order valence-electron chi connectivity index (χ1n) is 8.19. The third kappa shape index (κ3) is 4.48. The molecular weight excluding hydrogens is 362 g/mol. The molecule has 0 amide bonds. The molecule has 0 aliphatic heterocycles. The Morgan fingerprint density at radius 2 is 1.93 bits per heavy atom. The smallest absolute Gasteiger partial charge is 0.323 e. The summed E-state index contributed by atoms with van der Waals surface area (Å²) in [6.45, 7) is 0. The van der Waals surface area contributed by atoms with Gasteiger partial charge in [-0.3, -0.25) is 0 Å². The second-order valence-corrected chi connectivity index (χ2v) is 6.26. The Kier molecular flexibility index (Phi) is 5.22. The first-order valence-corrected chi connectivity index (χ1v) is 8.19. The topological polar surface area (TPSA) is 89.6 Å². The Morgan fingerprint density at radius 1 is 1.15 bits per heavy atom. The second kappa shape index (κ2) is 7.43. The van der Waals surface area contributed by atoms with Crippen molar-refractivity contribution in [1.29, 1.82) is 0 Å². The highest BCUT2D eigenvalue weighted by Gasteiger charge is 2.31. The minimum atomic E-state index is -4.61. The number of hydrogen-bond donors (Lipinski definition) is 2. The van der Waals surface area contributed by atoms with Crippen molar-refractivity contribution in [2.75, 3.05) is 0 Å². The van der Waals surface area contributed by atoms with Gasteiger partial charge in [-0.25, -0.2) is 14.4 Å². The standard InChI is InChI=1S/C18H17F4N5/c19-13-7-11(6-12(9-13)18(20,21)22)5-10-3-4-25-16(8-10)26-15-2-1-14(23)17(15)27-24/h3-4,6-9,14H,1-2,5,23-24H2/b26-15?,27-17-. The molecule has 1 aliphatic carbocycles. The van der Waals surface area contributed by atoms with Crippen molar-refractivity contribution in [1.82, 2.24) is 4.98 Å². The third-order valence-corrected chi connectivity index (χ3v) is 4.23. The molecule has 142 valence electrons. The lowest BCUT2D eigenvalue weighted by molar-refractivity contribution is -0.137.